The lowest BCUT2D eigenvalue weighted by atomic mass is 10.1. The Labute approximate surface area is 145 Å². The van der Waals surface area contributed by atoms with Crippen LogP contribution in [0.4, 0.5) is 0 Å². The first-order valence-electron chi connectivity index (χ1n) is 7.92. The normalized spacial score (nSPS) is 11.5. The third-order valence-corrected chi connectivity index (χ3v) is 3.69. The summed E-state index contributed by atoms with van der Waals surface area (Å²) < 4.78 is 5.36. The Balaban J connectivity index is 1.90. The smallest absolute Gasteiger partial charge is 0.271 e. The van der Waals surface area contributed by atoms with E-state index in [9.17, 15) is 4.79 Å². The van der Waals surface area contributed by atoms with E-state index < -0.39 is 5.54 Å². The highest BCUT2D eigenvalue weighted by atomic mass is 16.5. The summed E-state index contributed by atoms with van der Waals surface area (Å²) in [6.07, 6.45) is 3.05. The average Bonchev–Trinajstić information content (AvgIpc) is 3.03. The fourth-order valence-corrected chi connectivity index (χ4v) is 2.44. The van der Waals surface area contributed by atoms with Gasteiger partial charge in [0.2, 0.25) is 0 Å². The van der Waals surface area contributed by atoms with Gasteiger partial charge in [0.1, 0.15) is 17.1 Å². The number of amides is 1. The molecule has 2 heterocycles. The zero-order valence-corrected chi connectivity index (χ0v) is 14.5. The maximum atomic E-state index is 12.2. The van der Waals surface area contributed by atoms with E-state index >= 15 is 0 Å². The number of nitrogens with two attached hydrogens (primary N) is 1. The fraction of sp³-hybridized carbons (Fsp3) is 0.278. The van der Waals surface area contributed by atoms with Crippen molar-refractivity contribution in [1.29, 1.82) is 0 Å². The average molecular weight is 339 g/mol. The quantitative estimate of drug-likeness (QED) is 0.660. The fourth-order valence-electron chi connectivity index (χ4n) is 2.44. The predicted molar refractivity (Wildman–Crippen MR) is 96.5 cm³/mol. The van der Waals surface area contributed by atoms with Crippen LogP contribution in [0.1, 0.15) is 24.3 Å². The molecule has 0 fully saturated rings. The molecule has 3 rings (SSSR count). The lowest BCUT2D eigenvalue weighted by molar-refractivity contribution is 0.0940. The molecule has 2 aromatic heterocycles. The van der Waals surface area contributed by atoms with Crippen LogP contribution in [0.25, 0.3) is 22.3 Å². The zero-order valence-electron chi connectivity index (χ0n) is 14.5. The standard InChI is InChI=1S/C18H21N5O2/c1-18(2,19)10-21-17(24)14-9-20-8-13(22-14)12-7-11-5-4-6-15(25-3)16(11)23-12/h4-9,23H,10,19H2,1-3H3,(H,21,24). The van der Waals surface area contributed by atoms with Crippen molar-refractivity contribution in [3.63, 3.8) is 0 Å². The zero-order chi connectivity index (χ0) is 18.0. The van der Waals surface area contributed by atoms with Gasteiger partial charge in [-0.05, 0) is 26.0 Å². The van der Waals surface area contributed by atoms with Gasteiger partial charge in [0.25, 0.3) is 5.91 Å². The highest BCUT2D eigenvalue weighted by molar-refractivity contribution is 5.93. The molecule has 0 saturated carbocycles. The van der Waals surface area contributed by atoms with Gasteiger partial charge in [0.05, 0.1) is 30.7 Å². The monoisotopic (exact) mass is 339 g/mol. The Morgan fingerprint density at radius 1 is 1.36 bits per heavy atom. The molecule has 25 heavy (non-hydrogen) atoms. The van der Waals surface area contributed by atoms with Crippen molar-refractivity contribution >= 4 is 16.8 Å². The number of aromatic amines is 1. The number of aromatic nitrogens is 3. The van der Waals surface area contributed by atoms with Gasteiger partial charge in [-0.15, -0.1) is 0 Å². The summed E-state index contributed by atoms with van der Waals surface area (Å²) in [5.74, 6) is 0.442. The van der Waals surface area contributed by atoms with Gasteiger partial charge in [0.15, 0.2) is 0 Å². The number of nitrogens with one attached hydrogen (secondary N) is 2. The molecule has 0 unspecified atom stereocenters. The number of rotatable bonds is 5. The van der Waals surface area contributed by atoms with Gasteiger partial charge < -0.3 is 20.8 Å². The lowest BCUT2D eigenvalue weighted by Gasteiger charge is -2.18. The summed E-state index contributed by atoms with van der Waals surface area (Å²) in [6, 6.07) is 7.73. The Morgan fingerprint density at radius 3 is 2.88 bits per heavy atom. The molecule has 3 aromatic rings. The van der Waals surface area contributed by atoms with Crippen LogP contribution in [0.2, 0.25) is 0 Å². The minimum Gasteiger partial charge on any atom is -0.495 e. The second-order valence-corrected chi connectivity index (χ2v) is 6.57. The number of benzene rings is 1. The third-order valence-electron chi connectivity index (χ3n) is 3.69. The largest absolute Gasteiger partial charge is 0.495 e. The van der Waals surface area contributed by atoms with Gasteiger partial charge in [-0.25, -0.2) is 4.98 Å². The molecular formula is C18H21N5O2. The number of carbonyl (C=O) groups is 1. The van der Waals surface area contributed by atoms with Gasteiger partial charge >= 0.3 is 0 Å². The second-order valence-electron chi connectivity index (χ2n) is 6.57. The van der Waals surface area contributed by atoms with Crippen molar-refractivity contribution in [2.75, 3.05) is 13.7 Å². The molecule has 7 nitrogen and oxygen atoms in total. The molecule has 0 atom stereocenters. The predicted octanol–water partition coefficient (Wildman–Crippen LogP) is 2.10. The summed E-state index contributed by atoms with van der Waals surface area (Å²) in [5, 5.41) is 3.76. The van der Waals surface area contributed by atoms with Crippen molar-refractivity contribution in [2.24, 2.45) is 5.73 Å². The van der Waals surface area contributed by atoms with Gasteiger partial charge in [0, 0.05) is 17.5 Å². The van der Waals surface area contributed by atoms with Crippen molar-refractivity contribution in [1.82, 2.24) is 20.3 Å². The number of carbonyl (C=O) groups excluding carboxylic acids is 1. The van der Waals surface area contributed by atoms with E-state index in [1.54, 1.807) is 13.3 Å². The Morgan fingerprint density at radius 2 is 2.16 bits per heavy atom. The Bertz CT molecular complexity index is 911. The summed E-state index contributed by atoms with van der Waals surface area (Å²) in [5.41, 5.74) is 7.86. The van der Waals surface area contributed by atoms with Crippen LogP contribution < -0.4 is 15.8 Å². The highest BCUT2D eigenvalue weighted by Gasteiger charge is 2.16. The molecule has 7 heteroatoms. The summed E-state index contributed by atoms with van der Waals surface area (Å²) in [4.78, 5) is 24.1. The molecule has 130 valence electrons. The molecular weight excluding hydrogens is 318 g/mol. The van der Waals surface area contributed by atoms with Crippen LogP contribution in [0.5, 0.6) is 5.75 Å². The van der Waals surface area contributed by atoms with E-state index in [0.29, 0.717) is 12.2 Å². The molecule has 0 saturated heterocycles. The number of H-pyrrole nitrogens is 1. The lowest BCUT2D eigenvalue weighted by Crippen LogP contribution is -2.45. The van der Waals surface area contributed by atoms with Crippen LogP contribution in [0.15, 0.2) is 36.7 Å². The molecule has 0 aliphatic rings. The van der Waals surface area contributed by atoms with E-state index in [2.05, 4.69) is 20.3 Å². The number of methoxy groups -OCH3 is 1. The maximum absolute atomic E-state index is 12.2. The van der Waals surface area contributed by atoms with E-state index in [1.807, 2.05) is 38.1 Å². The molecule has 4 N–H and O–H groups in total. The molecule has 0 aliphatic carbocycles. The Kier molecular flexibility index (Phi) is 4.41. The molecule has 1 aromatic carbocycles. The molecule has 1 amide bonds. The molecule has 0 radical (unpaired) electrons. The van der Waals surface area contributed by atoms with Crippen LogP contribution >= 0.6 is 0 Å². The van der Waals surface area contributed by atoms with Crippen molar-refractivity contribution in [3.05, 3.63) is 42.4 Å². The molecule has 0 aliphatic heterocycles. The second kappa shape index (κ2) is 6.52. The first-order chi connectivity index (χ1) is 11.9. The first-order valence-corrected chi connectivity index (χ1v) is 7.92. The summed E-state index contributed by atoms with van der Waals surface area (Å²) in [6.45, 7) is 4.03. The topological polar surface area (TPSA) is 106 Å². The Hall–Kier alpha value is -2.93. The third kappa shape index (κ3) is 3.77. The van der Waals surface area contributed by atoms with Gasteiger partial charge in [-0.3, -0.25) is 9.78 Å². The van der Waals surface area contributed by atoms with Crippen LogP contribution in [-0.4, -0.2) is 40.1 Å². The molecule has 0 bridgehead atoms. The number of hydrogen-bond donors (Lipinski definition) is 3. The van der Waals surface area contributed by atoms with Crippen LogP contribution in [-0.2, 0) is 0 Å². The van der Waals surface area contributed by atoms with Gasteiger partial charge in [-0.1, -0.05) is 12.1 Å². The number of fused-ring (bicyclic) bond motifs is 1. The minimum absolute atomic E-state index is 0.243. The van der Waals surface area contributed by atoms with Crippen LogP contribution in [0.3, 0.4) is 0 Å². The first kappa shape index (κ1) is 16.9. The number of para-hydroxylation sites is 1. The van der Waals surface area contributed by atoms with Gasteiger partial charge in [-0.2, -0.15) is 0 Å². The maximum Gasteiger partial charge on any atom is 0.271 e. The van der Waals surface area contributed by atoms with E-state index in [-0.39, 0.29) is 11.6 Å². The number of ether oxygens (including phenoxy) is 1. The van der Waals surface area contributed by atoms with Crippen molar-refractivity contribution in [2.45, 2.75) is 19.4 Å². The van der Waals surface area contributed by atoms with E-state index in [4.69, 9.17) is 10.5 Å². The van der Waals surface area contributed by atoms with E-state index in [0.717, 1.165) is 22.3 Å². The minimum atomic E-state index is -0.492. The summed E-state index contributed by atoms with van der Waals surface area (Å²) >= 11 is 0. The van der Waals surface area contributed by atoms with Crippen LogP contribution in [0, 0.1) is 0 Å². The highest BCUT2D eigenvalue weighted by Crippen LogP contribution is 2.28. The number of nitrogens with zero attached hydrogens (tertiary/aromatic N) is 2. The molecule has 0 spiro atoms. The number of hydrogen-bond acceptors (Lipinski definition) is 5. The SMILES string of the molecule is COc1cccc2cc(-c3cncc(C(=O)NCC(C)(C)N)n3)[nH]c12. The van der Waals surface area contributed by atoms with Crippen molar-refractivity contribution < 1.29 is 9.53 Å². The van der Waals surface area contributed by atoms with E-state index in [1.165, 1.54) is 6.20 Å². The van der Waals surface area contributed by atoms with Crippen molar-refractivity contribution in [3.8, 4) is 17.1 Å². The summed E-state index contributed by atoms with van der Waals surface area (Å²) in [7, 11) is 1.62.